The van der Waals surface area contributed by atoms with Crippen LogP contribution in [0.25, 0.3) is 0 Å². The second kappa shape index (κ2) is 6.94. The normalized spacial score (nSPS) is 30.5. The second-order valence-electron chi connectivity index (χ2n) is 3.68. The van der Waals surface area contributed by atoms with E-state index in [1.807, 2.05) is 0 Å². The first-order chi connectivity index (χ1) is 8.56. The van der Waals surface area contributed by atoms with Gasteiger partial charge in [-0.15, -0.1) is 11.8 Å². The zero-order valence-corrected chi connectivity index (χ0v) is 11.7. The molecule has 1 heterocycles. The Morgan fingerprint density at radius 2 is 2.11 bits per heavy atom. The van der Waals surface area contributed by atoms with Crippen molar-refractivity contribution in [3.05, 3.63) is 48.1 Å². The number of aliphatic hydroxyl groups excluding tert-OH is 1. The smallest absolute Gasteiger partial charge is 0.0621 e. The highest BCUT2D eigenvalue weighted by Gasteiger charge is 2.34. The second-order valence-corrected chi connectivity index (χ2v) is 5.79. The third kappa shape index (κ3) is 3.14. The van der Waals surface area contributed by atoms with E-state index < -0.39 is 11.3 Å². The summed E-state index contributed by atoms with van der Waals surface area (Å²) in [6, 6.07) is -0.313. The summed E-state index contributed by atoms with van der Waals surface area (Å²) in [5.41, 5.74) is 0.556. The van der Waals surface area contributed by atoms with Crippen LogP contribution in [0.1, 0.15) is 6.92 Å². The van der Waals surface area contributed by atoms with Gasteiger partial charge in [0.25, 0.3) is 0 Å². The predicted octanol–water partition coefficient (Wildman–Crippen LogP) is 1.72. The molecule has 6 heteroatoms. The van der Waals surface area contributed by atoms with E-state index in [9.17, 15) is 13.9 Å². The van der Waals surface area contributed by atoms with E-state index in [-0.39, 0.29) is 17.9 Å². The topological polar surface area (TPSA) is 63.6 Å². The van der Waals surface area contributed by atoms with Crippen LogP contribution in [0.3, 0.4) is 0 Å². The van der Waals surface area contributed by atoms with Gasteiger partial charge in [-0.2, -0.15) is 0 Å². The van der Waals surface area contributed by atoms with E-state index >= 15 is 0 Å². The number of hydrogen-bond donors (Lipinski definition) is 1. The van der Waals surface area contributed by atoms with Gasteiger partial charge >= 0.3 is 0 Å². The van der Waals surface area contributed by atoms with Crippen LogP contribution in [0.2, 0.25) is 0 Å². The summed E-state index contributed by atoms with van der Waals surface area (Å²) in [5.74, 6) is 0. The van der Waals surface area contributed by atoms with Gasteiger partial charge in [-0.3, -0.25) is 8.51 Å². The molecular weight excluding hydrogens is 270 g/mol. The number of allylic oxidation sites excluding steroid dienone is 4. The molecule has 0 bridgehead atoms. The molecule has 18 heavy (non-hydrogen) atoms. The minimum atomic E-state index is -2.39. The summed E-state index contributed by atoms with van der Waals surface area (Å²) in [4.78, 5) is 0.756. The molecule has 100 valence electrons. The minimum absolute atomic E-state index is 0.0879. The van der Waals surface area contributed by atoms with Crippen molar-refractivity contribution in [1.29, 1.82) is 0 Å². The maximum absolute atomic E-state index is 11.4. The molecule has 4 nitrogen and oxygen atoms in total. The molecule has 1 aliphatic heterocycles. The van der Waals surface area contributed by atoms with Gasteiger partial charge in [0.1, 0.15) is 0 Å². The van der Waals surface area contributed by atoms with Crippen molar-refractivity contribution in [3.63, 3.8) is 0 Å². The van der Waals surface area contributed by atoms with Gasteiger partial charge in [0.05, 0.1) is 23.6 Å². The monoisotopic (exact) mass is 286 g/mol. The van der Waals surface area contributed by atoms with Gasteiger partial charge in [0.2, 0.25) is 0 Å². The molecule has 0 spiro atoms. The van der Waals surface area contributed by atoms with Gasteiger partial charge in [0.15, 0.2) is 0 Å². The Balaban J connectivity index is 3.26. The summed E-state index contributed by atoms with van der Waals surface area (Å²) in [7, 11) is 0. The van der Waals surface area contributed by atoms with Crippen molar-refractivity contribution < 1.29 is 13.9 Å². The molecule has 1 N–H and O–H groups in total. The standard InChI is InChI=1S/C12H17NO3S2/c1-4-6-10-11(7-5-2)17-12(8-14)9(3)13(10)18(15)16/h4-7,9,12,14H,1-2,8H2,3H3,(H,15,16)/p-1/b10-6+,11-7+/t9-,12+/m1/s1. The van der Waals surface area contributed by atoms with Crippen LogP contribution in [0, 0.1) is 0 Å². The van der Waals surface area contributed by atoms with Crippen LogP contribution in [0.5, 0.6) is 0 Å². The van der Waals surface area contributed by atoms with E-state index in [4.69, 9.17) is 0 Å². The Labute approximate surface area is 114 Å². The molecule has 1 fully saturated rings. The molecule has 0 radical (unpaired) electrons. The Morgan fingerprint density at radius 1 is 1.50 bits per heavy atom. The highest BCUT2D eigenvalue weighted by Crippen LogP contribution is 2.40. The quantitative estimate of drug-likeness (QED) is 0.799. The van der Waals surface area contributed by atoms with Crippen LogP contribution in [-0.4, -0.2) is 36.1 Å². The maximum atomic E-state index is 11.4. The summed E-state index contributed by atoms with van der Waals surface area (Å²) in [6.45, 7) is 8.88. The van der Waals surface area contributed by atoms with Gasteiger partial charge < -0.3 is 9.66 Å². The molecule has 0 amide bonds. The molecule has 3 atom stereocenters. The summed E-state index contributed by atoms with van der Waals surface area (Å²) >= 11 is -0.950. The fourth-order valence-electron chi connectivity index (χ4n) is 1.71. The zero-order chi connectivity index (χ0) is 13.7. The average molecular weight is 286 g/mol. The number of nitrogens with zero attached hydrogens (tertiary/aromatic N) is 1. The number of aliphatic hydroxyl groups is 1. The van der Waals surface area contributed by atoms with Crippen molar-refractivity contribution in [3.8, 4) is 0 Å². The lowest BCUT2D eigenvalue weighted by Crippen LogP contribution is -2.45. The zero-order valence-electron chi connectivity index (χ0n) is 10.1. The maximum Gasteiger partial charge on any atom is 0.0621 e. The van der Waals surface area contributed by atoms with Crippen LogP contribution in [0.4, 0.5) is 0 Å². The van der Waals surface area contributed by atoms with Crippen molar-refractivity contribution in [2.75, 3.05) is 6.61 Å². The van der Waals surface area contributed by atoms with Crippen molar-refractivity contribution in [1.82, 2.24) is 4.31 Å². The first-order valence-electron chi connectivity index (χ1n) is 5.38. The first-order valence-corrected chi connectivity index (χ1v) is 7.29. The third-order valence-corrected chi connectivity index (χ3v) is 4.86. The SMILES string of the molecule is C=C/C=C1/S[C@@H](CO)[C@@H](C)N(S(=O)[O-])/C1=C/C=C. The number of thioether (sulfide) groups is 1. The van der Waals surface area contributed by atoms with E-state index in [2.05, 4.69) is 13.2 Å². The number of rotatable bonds is 4. The molecule has 0 saturated carbocycles. The summed E-state index contributed by atoms with van der Waals surface area (Å²) < 4.78 is 24.0. The van der Waals surface area contributed by atoms with Crippen LogP contribution >= 0.6 is 11.8 Å². The Bertz CT molecular complexity index is 418. The largest absolute Gasteiger partial charge is 0.755 e. The lowest BCUT2D eigenvalue weighted by Gasteiger charge is -2.43. The van der Waals surface area contributed by atoms with Gasteiger partial charge in [-0.25, -0.2) is 0 Å². The Morgan fingerprint density at radius 3 is 2.56 bits per heavy atom. The van der Waals surface area contributed by atoms with Gasteiger partial charge in [-0.05, 0) is 19.1 Å². The van der Waals surface area contributed by atoms with E-state index in [0.29, 0.717) is 5.70 Å². The van der Waals surface area contributed by atoms with E-state index in [0.717, 1.165) is 4.91 Å². The Hall–Kier alpha value is -0.820. The summed E-state index contributed by atoms with van der Waals surface area (Å²) in [5, 5.41) is 9.12. The van der Waals surface area contributed by atoms with Crippen molar-refractivity contribution in [2.45, 2.75) is 18.2 Å². The Kier molecular flexibility index (Phi) is 5.87. The minimum Gasteiger partial charge on any atom is -0.755 e. The fraction of sp³-hybridized carbons (Fsp3) is 0.333. The van der Waals surface area contributed by atoms with Crippen LogP contribution in [-0.2, 0) is 11.3 Å². The van der Waals surface area contributed by atoms with Crippen molar-refractivity contribution >= 4 is 23.0 Å². The van der Waals surface area contributed by atoms with Crippen LogP contribution < -0.4 is 0 Å². The molecule has 0 aromatic carbocycles. The molecule has 0 aromatic heterocycles. The fourth-order valence-corrected chi connectivity index (χ4v) is 3.76. The molecular formula is C12H16NO3S2-. The highest BCUT2D eigenvalue weighted by atomic mass is 32.2. The first kappa shape index (κ1) is 15.2. The number of hydrogen-bond acceptors (Lipinski definition) is 4. The third-order valence-electron chi connectivity index (χ3n) is 2.56. The van der Waals surface area contributed by atoms with Crippen molar-refractivity contribution in [2.24, 2.45) is 0 Å². The molecule has 1 saturated heterocycles. The predicted molar refractivity (Wildman–Crippen MR) is 75.2 cm³/mol. The highest BCUT2D eigenvalue weighted by molar-refractivity contribution is 8.04. The molecule has 1 rings (SSSR count). The molecule has 1 aliphatic rings. The molecule has 1 unspecified atom stereocenters. The van der Waals surface area contributed by atoms with Gasteiger partial charge in [0, 0.05) is 16.2 Å². The lowest BCUT2D eigenvalue weighted by atomic mass is 10.2. The average Bonchev–Trinajstić information content (AvgIpc) is 2.32. The lowest BCUT2D eigenvalue weighted by molar-refractivity contribution is 0.253. The molecule has 0 aliphatic carbocycles. The van der Waals surface area contributed by atoms with Gasteiger partial charge in [-0.1, -0.05) is 25.3 Å². The van der Waals surface area contributed by atoms with Crippen LogP contribution in [0.15, 0.2) is 48.1 Å². The van der Waals surface area contributed by atoms with E-state index in [1.165, 1.54) is 16.1 Å². The van der Waals surface area contributed by atoms with E-state index in [1.54, 1.807) is 31.2 Å². The summed E-state index contributed by atoms with van der Waals surface area (Å²) in [6.07, 6.45) is 6.50. The molecule has 0 aromatic rings.